The third-order valence-electron chi connectivity index (χ3n) is 6.79. The van der Waals surface area contributed by atoms with Crippen LogP contribution in [0.1, 0.15) is 43.4 Å². The van der Waals surface area contributed by atoms with Gasteiger partial charge in [0.25, 0.3) is 5.91 Å². The third-order valence-corrected chi connectivity index (χ3v) is 6.79. The fraction of sp³-hybridized carbons (Fsp3) is 0.385. The molecule has 1 atom stereocenters. The number of hydrogen-bond acceptors (Lipinski definition) is 4. The van der Waals surface area contributed by atoms with Gasteiger partial charge in [-0.1, -0.05) is 18.2 Å². The summed E-state index contributed by atoms with van der Waals surface area (Å²) in [5.74, 6) is -2.83. The first kappa shape index (κ1) is 25.7. The van der Waals surface area contributed by atoms with E-state index in [-0.39, 0.29) is 17.0 Å². The number of amides is 3. The van der Waals surface area contributed by atoms with Crippen LogP contribution in [-0.4, -0.2) is 48.1 Å². The summed E-state index contributed by atoms with van der Waals surface area (Å²) in [7, 11) is 0. The lowest BCUT2D eigenvalue weighted by molar-refractivity contribution is -0.118. The molecule has 2 aromatic carbocycles. The molecule has 2 aromatic rings. The zero-order valence-corrected chi connectivity index (χ0v) is 19.9. The lowest BCUT2D eigenvalue weighted by atomic mass is 9.84. The van der Waals surface area contributed by atoms with Crippen LogP contribution in [0.25, 0.3) is 0 Å². The second kappa shape index (κ2) is 10.7. The van der Waals surface area contributed by atoms with Gasteiger partial charge in [0.2, 0.25) is 0 Å². The summed E-state index contributed by atoms with van der Waals surface area (Å²) in [6.07, 6.45) is 1.71. The largest absolute Gasteiger partial charge is 0.385 e. The Morgan fingerprint density at radius 3 is 2.47 bits per heavy atom. The highest BCUT2D eigenvalue weighted by atomic mass is 19.2. The van der Waals surface area contributed by atoms with E-state index in [4.69, 9.17) is 0 Å². The van der Waals surface area contributed by atoms with Gasteiger partial charge in [-0.2, -0.15) is 0 Å². The molecule has 0 aliphatic carbocycles. The molecular formula is C26H29F3N4O3. The van der Waals surface area contributed by atoms with Crippen LogP contribution in [0.2, 0.25) is 0 Å². The first-order valence-corrected chi connectivity index (χ1v) is 11.9. The Hall–Kier alpha value is -3.37. The van der Waals surface area contributed by atoms with Crippen LogP contribution in [0.5, 0.6) is 0 Å². The number of nitrogens with one attached hydrogen (secondary N) is 3. The van der Waals surface area contributed by atoms with Crippen LogP contribution in [0, 0.1) is 17.5 Å². The summed E-state index contributed by atoms with van der Waals surface area (Å²) >= 11 is 0. The third kappa shape index (κ3) is 5.71. The maximum Gasteiger partial charge on any atom is 0.319 e. The number of piperidine rings is 1. The van der Waals surface area contributed by atoms with Crippen LogP contribution < -0.4 is 16.0 Å². The van der Waals surface area contributed by atoms with Crippen molar-refractivity contribution in [1.82, 2.24) is 20.9 Å². The van der Waals surface area contributed by atoms with Gasteiger partial charge in [0.1, 0.15) is 5.82 Å². The highest BCUT2D eigenvalue weighted by molar-refractivity contribution is 5.98. The molecule has 4 N–H and O–H groups in total. The van der Waals surface area contributed by atoms with Gasteiger partial charge in [0.05, 0.1) is 17.2 Å². The highest BCUT2D eigenvalue weighted by Crippen LogP contribution is 2.33. The van der Waals surface area contributed by atoms with E-state index in [1.807, 2.05) is 0 Å². The average Bonchev–Trinajstić information content (AvgIpc) is 2.84. The topological polar surface area (TPSA) is 93.7 Å². The van der Waals surface area contributed by atoms with E-state index < -0.39 is 35.2 Å². The fourth-order valence-electron chi connectivity index (χ4n) is 4.73. The van der Waals surface area contributed by atoms with Crippen LogP contribution >= 0.6 is 0 Å². The normalized spacial score (nSPS) is 20.0. The van der Waals surface area contributed by atoms with Crippen molar-refractivity contribution < 1.29 is 27.9 Å². The predicted molar refractivity (Wildman–Crippen MR) is 127 cm³/mol. The standard InChI is InChI=1S/C26H29F3N4O3/c1-16-22(23(32-25(35)31-16)17-3-8-20(28)21(29)15-17)24(34)30-11-2-12-33-13-9-26(36,10-14-33)18-4-6-19(27)7-5-18/h3-8,15,23,36H,2,9-14H2,1H3,(H,30,34)(H2,31,32,35)/t23-/m1/s1. The van der Waals surface area contributed by atoms with Crippen LogP contribution in [-0.2, 0) is 10.4 Å². The molecule has 7 nitrogen and oxygen atoms in total. The number of urea groups is 1. The van der Waals surface area contributed by atoms with E-state index in [2.05, 4.69) is 20.9 Å². The number of hydrogen-bond donors (Lipinski definition) is 4. The summed E-state index contributed by atoms with van der Waals surface area (Å²) < 4.78 is 40.4. The molecule has 2 aliphatic rings. The van der Waals surface area contributed by atoms with Crippen LogP contribution in [0.3, 0.4) is 0 Å². The zero-order valence-electron chi connectivity index (χ0n) is 19.9. The van der Waals surface area contributed by atoms with Crippen molar-refractivity contribution in [3.8, 4) is 0 Å². The summed E-state index contributed by atoms with van der Waals surface area (Å²) in [4.78, 5) is 27.1. The summed E-state index contributed by atoms with van der Waals surface area (Å²) in [6.45, 7) is 3.99. The molecule has 2 heterocycles. The van der Waals surface area contributed by atoms with Gasteiger partial charge in [-0.15, -0.1) is 0 Å². The van der Waals surface area contributed by atoms with E-state index in [9.17, 15) is 27.9 Å². The van der Waals surface area contributed by atoms with Crippen molar-refractivity contribution in [3.63, 3.8) is 0 Å². The molecule has 0 bridgehead atoms. The van der Waals surface area contributed by atoms with Crippen molar-refractivity contribution in [1.29, 1.82) is 0 Å². The number of benzene rings is 2. The minimum atomic E-state index is -1.06. The van der Waals surface area contributed by atoms with Crippen molar-refractivity contribution in [2.45, 2.75) is 37.8 Å². The molecule has 0 radical (unpaired) electrons. The molecule has 0 unspecified atom stereocenters. The van der Waals surface area contributed by atoms with Crippen molar-refractivity contribution >= 4 is 11.9 Å². The van der Waals surface area contributed by atoms with Gasteiger partial charge in [-0.05, 0) is 68.1 Å². The maximum atomic E-state index is 13.8. The molecule has 10 heteroatoms. The molecule has 1 saturated heterocycles. The van der Waals surface area contributed by atoms with Gasteiger partial charge in [-0.25, -0.2) is 18.0 Å². The van der Waals surface area contributed by atoms with Crippen LogP contribution in [0.15, 0.2) is 53.7 Å². The maximum absolute atomic E-state index is 13.8. The van der Waals surface area contributed by atoms with Gasteiger partial charge in [0.15, 0.2) is 11.6 Å². The number of rotatable bonds is 7. The summed E-state index contributed by atoms with van der Waals surface area (Å²) in [5, 5.41) is 18.9. The molecule has 0 spiro atoms. The smallest absolute Gasteiger partial charge is 0.319 e. The molecule has 0 saturated carbocycles. The van der Waals surface area contributed by atoms with E-state index in [1.165, 1.54) is 18.2 Å². The lowest BCUT2D eigenvalue weighted by Gasteiger charge is -2.38. The van der Waals surface area contributed by atoms with Gasteiger partial charge >= 0.3 is 6.03 Å². The molecule has 2 aliphatic heterocycles. The minimum Gasteiger partial charge on any atom is -0.385 e. The molecular weight excluding hydrogens is 473 g/mol. The Balaban J connectivity index is 1.30. The zero-order chi connectivity index (χ0) is 25.9. The van der Waals surface area contributed by atoms with Crippen molar-refractivity contribution in [3.05, 3.63) is 82.3 Å². The molecule has 0 aromatic heterocycles. The van der Waals surface area contributed by atoms with Crippen molar-refractivity contribution in [2.75, 3.05) is 26.2 Å². The van der Waals surface area contributed by atoms with E-state index in [0.717, 1.165) is 12.1 Å². The molecule has 192 valence electrons. The first-order valence-electron chi connectivity index (χ1n) is 11.9. The quantitative estimate of drug-likeness (QED) is 0.438. The van der Waals surface area contributed by atoms with Crippen LogP contribution in [0.4, 0.5) is 18.0 Å². The predicted octanol–water partition coefficient (Wildman–Crippen LogP) is 3.22. The average molecular weight is 503 g/mol. The number of carbonyl (C=O) groups is 2. The fourth-order valence-corrected chi connectivity index (χ4v) is 4.73. The Morgan fingerprint density at radius 2 is 1.81 bits per heavy atom. The Morgan fingerprint density at radius 1 is 1.11 bits per heavy atom. The first-order chi connectivity index (χ1) is 17.2. The molecule has 36 heavy (non-hydrogen) atoms. The van der Waals surface area contributed by atoms with Crippen molar-refractivity contribution in [2.24, 2.45) is 0 Å². The van der Waals surface area contributed by atoms with Gasteiger partial charge < -0.3 is 26.0 Å². The molecule has 4 rings (SSSR count). The monoisotopic (exact) mass is 502 g/mol. The van der Waals surface area contributed by atoms with E-state index >= 15 is 0 Å². The number of halogens is 3. The second-order valence-electron chi connectivity index (χ2n) is 9.23. The second-order valence-corrected chi connectivity index (χ2v) is 9.23. The van der Waals surface area contributed by atoms with E-state index in [0.29, 0.717) is 56.7 Å². The number of likely N-dealkylation sites (tertiary alicyclic amines) is 1. The Labute approximate surface area is 207 Å². The van der Waals surface area contributed by atoms with Gasteiger partial charge in [-0.3, -0.25) is 4.79 Å². The Bertz CT molecular complexity index is 1160. The van der Waals surface area contributed by atoms with E-state index in [1.54, 1.807) is 19.1 Å². The highest BCUT2D eigenvalue weighted by Gasteiger charge is 2.34. The molecule has 3 amide bonds. The minimum absolute atomic E-state index is 0.225. The van der Waals surface area contributed by atoms with Gasteiger partial charge in [0, 0.05) is 25.3 Å². The number of allylic oxidation sites excluding steroid dienone is 1. The number of nitrogens with zero attached hydrogens (tertiary/aromatic N) is 1. The summed E-state index contributed by atoms with van der Waals surface area (Å²) in [6, 6.07) is 7.74. The Kier molecular flexibility index (Phi) is 7.65. The molecule has 1 fully saturated rings. The SMILES string of the molecule is CC1=C(C(=O)NCCCN2CCC(O)(c3ccc(F)cc3)CC2)[C@@H](c2ccc(F)c(F)c2)NC(=O)N1. The number of carbonyl (C=O) groups excluding carboxylic acids is 2. The summed E-state index contributed by atoms with van der Waals surface area (Å²) in [5.41, 5.74) is 0.554. The number of aliphatic hydroxyl groups is 1. The lowest BCUT2D eigenvalue weighted by Crippen LogP contribution is -2.47.